The first-order valence-corrected chi connectivity index (χ1v) is 13.3. The van der Waals surface area contributed by atoms with Crippen molar-refractivity contribution in [2.24, 2.45) is 5.92 Å². The van der Waals surface area contributed by atoms with Crippen molar-refractivity contribution in [2.75, 3.05) is 5.32 Å². The molecule has 0 saturated heterocycles. The highest BCUT2D eigenvalue weighted by molar-refractivity contribution is 6.13. The first-order valence-electron chi connectivity index (χ1n) is 13.3. The van der Waals surface area contributed by atoms with Gasteiger partial charge in [-0.1, -0.05) is 73.7 Å². The largest absolute Gasteiger partial charge is 0.481 e. The Morgan fingerprint density at radius 3 is 2.30 bits per heavy atom. The second-order valence-corrected chi connectivity index (χ2v) is 10.1. The summed E-state index contributed by atoms with van der Waals surface area (Å²) in [7, 11) is 0. The second kappa shape index (κ2) is 11.0. The summed E-state index contributed by atoms with van der Waals surface area (Å²) in [5.74, 6) is 0.0491. The van der Waals surface area contributed by atoms with Crippen LogP contribution in [0, 0.1) is 5.92 Å². The molecule has 0 heterocycles. The fraction of sp³-hybridized carbons (Fsp3) is 0.273. The minimum absolute atomic E-state index is 0.0957. The molecule has 4 aromatic rings. The van der Waals surface area contributed by atoms with Crippen LogP contribution in [0.1, 0.15) is 66.4 Å². The van der Waals surface area contributed by atoms with Gasteiger partial charge in [-0.2, -0.15) is 0 Å². The van der Waals surface area contributed by atoms with Crippen LogP contribution < -0.4 is 5.32 Å². The molecule has 1 aliphatic carbocycles. The highest BCUT2D eigenvalue weighted by atomic mass is 16.4. The second-order valence-electron chi connectivity index (χ2n) is 10.1. The highest BCUT2D eigenvalue weighted by Gasteiger charge is 2.24. The number of hydrogen-bond donors (Lipinski definition) is 2. The van der Waals surface area contributed by atoms with E-state index in [2.05, 4.69) is 54.7 Å². The molecule has 0 bridgehead atoms. The van der Waals surface area contributed by atoms with Gasteiger partial charge in [-0.05, 0) is 95.2 Å². The monoisotopic (exact) mass is 491 g/mol. The average Bonchev–Trinajstić information content (AvgIpc) is 2.93. The van der Waals surface area contributed by atoms with Crippen LogP contribution in [-0.4, -0.2) is 17.0 Å². The molecular weight excluding hydrogens is 458 g/mol. The molecule has 1 aliphatic rings. The first kappa shape index (κ1) is 24.8. The lowest BCUT2D eigenvalue weighted by atomic mass is 9.77. The Labute approximate surface area is 218 Å². The van der Waals surface area contributed by atoms with Gasteiger partial charge in [0.15, 0.2) is 0 Å². The normalized spacial score (nSPS) is 17.4. The first-order chi connectivity index (χ1) is 18.0. The fourth-order valence-corrected chi connectivity index (χ4v) is 5.70. The number of nitrogens with one attached hydrogen (secondary N) is 1. The Bertz CT molecular complexity index is 1420. The fourth-order valence-electron chi connectivity index (χ4n) is 5.70. The zero-order valence-corrected chi connectivity index (χ0v) is 21.2. The minimum Gasteiger partial charge on any atom is -0.481 e. The minimum atomic E-state index is -0.683. The zero-order valence-electron chi connectivity index (χ0n) is 21.2. The molecular formula is C33H33NO3. The van der Waals surface area contributed by atoms with Gasteiger partial charge in [0.1, 0.15) is 0 Å². The van der Waals surface area contributed by atoms with E-state index in [4.69, 9.17) is 5.11 Å². The number of para-hydroxylation sites is 1. The molecule has 0 aliphatic heterocycles. The third kappa shape index (κ3) is 5.59. The molecule has 4 nitrogen and oxygen atoms in total. The molecule has 2 N–H and O–H groups in total. The number of amides is 1. The van der Waals surface area contributed by atoms with Crippen LogP contribution in [0.3, 0.4) is 0 Å². The van der Waals surface area contributed by atoms with Gasteiger partial charge in [0.25, 0.3) is 5.91 Å². The van der Waals surface area contributed by atoms with Crippen LogP contribution in [0.2, 0.25) is 0 Å². The molecule has 37 heavy (non-hydrogen) atoms. The van der Waals surface area contributed by atoms with E-state index in [0.29, 0.717) is 23.8 Å². The smallest absolute Gasteiger partial charge is 0.303 e. The van der Waals surface area contributed by atoms with Crippen molar-refractivity contribution in [2.45, 2.75) is 51.4 Å². The maximum atomic E-state index is 13.2. The summed E-state index contributed by atoms with van der Waals surface area (Å²) in [5.41, 5.74) is 6.26. The topological polar surface area (TPSA) is 66.4 Å². The number of carbonyl (C=O) groups excluding carboxylic acids is 1. The van der Waals surface area contributed by atoms with E-state index in [1.165, 1.54) is 5.56 Å². The Hall–Kier alpha value is -3.92. The van der Waals surface area contributed by atoms with Gasteiger partial charge in [-0.3, -0.25) is 9.59 Å². The number of aryl methyl sites for hydroxylation is 1. The van der Waals surface area contributed by atoms with Crippen molar-refractivity contribution in [1.29, 1.82) is 0 Å². The van der Waals surface area contributed by atoms with Gasteiger partial charge in [-0.15, -0.1) is 0 Å². The summed E-state index contributed by atoms with van der Waals surface area (Å²) in [6.07, 6.45) is 5.25. The Morgan fingerprint density at radius 1 is 0.838 bits per heavy atom. The number of anilines is 1. The van der Waals surface area contributed by atoms with Crippen LogP contribution in [-0.2, 0) is 11.2 Å². The molecule has 0 spiro atoms. The van der Waals surface area contributed by atoms with Crippen molar-refractivity contribution in [3.63, 3.8) is 0 Å². The Kier molecular flexibility index (Phi) is 7.36. The number of rotatable bonds is 7. The lowest BCUT2D eigenvalue weighted by Gasteiger charge is -2.28. The van der Waals surface area contributed by atoms with Gasteiger partial charge in [-0.25, -0.2) is 0 Å². The lowest BCUT2D eigenvalue weighted by Crippen LogP contribution is -2.16. The SMILES string of the molecule is CCc1ccccc1NC(=O)c1cccc2cc(-c3ccc(C4CCC(CC(=O)O)CC4)cc3)ccc12. The van der Waals surface area contributed by atoms with Crippen LogP contribution in [0.25, 0.3) is 21.9 Å². The molecule has 0 radical (unpaired) electrons. The van der Waals surface area contributed by atoms with Crippen molar-refractivity contribution in [3.8, 4) is 11.1 Å². The summed E-state index contributed by atoms with van der Waals surface area (Å²) in [6.45, 7) is 2.09. The summed E-state index contributed by atoms with van der Waals surface area (Å²) < 4.78 is 0. The number of benzene rings is 4. The van der Waals surface area contributed by atoms with E-state index in [9.17, 15) is 9.59 Å². The van der Waals surface area contributed by atoms with Gasteiger partial charge < -0.3 is 10.4 Å². The summed E-state index contributed by atoms with van der Waals surface area (Å²) >= 11 is 0. The highest BCUT2D eigenvalue weighted by Crippen LogP contribution is 2.38. The van der Waals surface area contributed by atoms with Crippen molar-refractivity contribution < 1.29 is 14.7 Å². The number of hydrogen-bond acceptors (Lipinski definition) is 2. The average molecular weight is 492 g/mol. The molecule has 0 aromatic heterocycles. The van der Waals surface area contributed by atoms with E-state index in [0.717, 1.165) is 65.3 Å². The maximum absolute atomic E-state index is 13.2. The van der Waals surface area contributed by atoms with E-state index >= 15 is 0 Å². The number of carboxylic acid groups (broad SMARTS) is 1. The van der Waals surface area contributed by atoms with Gasteiger partial charge in [0.2, 0.25) is 0 Å². The van der Waals surface area contributed by atoms with Crippen LogP contribution >= 0.6 is 0 Å². The molecule has 5 rings (SSSR count). The molecule has 4 aromatic carbocycles. The van der Waals surface area contributed by atoms with Crippen LogP contribution in [0.5, 0.6) is 0 Å². The number of aliphatic carboxylic acids is 1. The van der Waals surface area contributed by atoms with Crippen molar-refractivity contribution in [3.05, 3.63) is 102 Å². The molecule has 1 amide bonds. The predicted octanol–water partition coefficient (Wildman–Crippen LogP) is 8.07. The van der Waals surface area contributed by atoms with E-state index in [1.54, 1.807) is 0 Å². The summed E-state index contributed by atoms with van der Waals surface area (Å²) in [5, 5.41) is 14.1. The van der Waals surface area contributed by atoms with Crippen LogP contribution in [0.15, 0.2) is 84.9 Å². The molecule has 0 atom stereocenters. The van der Waals surface area contributed by atoms with Crippen LogP contribution in [0.4, 0.5) is 5.69 Å². The molecule has 1 saturated carbocycles. The molecule has 1 fully saturated rings. The number of carbonyl (C=O) groups is 2. The van der Waals surface area contributed by atoms with Crippen molar-refractivity contribution in [1.82, 2.24) is 0 Å². The van der Waals surface area contributed by atoms with E-state index in [1.807, 2.05) is 42.5 Å². The molecule has 4 heteroatoms. The zero-order chi connectivity index (χ0) is 25.8. The standard InChI is InChI=1S/C33H33NO3/c1-2-23-6-3-4-9-31(23)34-33(37)30-8-5-7-28-21-27(18-19-29(28)30)26-16-14-25(15-17-26)24-12-10-22(11-13-24)20-32(35)36/h3-9,14-19,21-22,24H,2,10-13,20H2,1H3,(H,34,37)(H,35,36). The third-order valence-corrected chi connectivity index (χ3v) is 7.80. The maximum Gasteiger partial charge on any atom is 0.303 e. The molecule has 0 unspecified atom stereocenters. The van der Waals surface area contributed by atoms with E-state index < -0.39 is 5.97 Å². The third-order valence-electron chi connectivity index (χ3n) is 7.80. The summed E-state index contributed by atoms with van der Waals surface area (Å²) in [6, 6.07) is 28.9. The number of carboxylic acids is 1. The van der Waals surface area contributed by atoms with Gasteiger partial charge in [0, 0.05) is 17.7 Å². The number of fused-ring (bicyclic) bond motifs is 1. The van der Waals surface area contributed by atoms with E-state index in [-0.39, 0.29) is 5.91 Å². The Balaban J connectivity index is 1.32. The van der Waals surface area contributed by atoms with Gasteiger partial charge in [0.05, 0.1) is 0 Å². The van der Waals surface area contributed by atoms with Crippen molar-refractivity contribution >= 4 is 28.3 Å². The Morgan fingerprint density at radius 2 is 1.57 bits per heavy atom. The molecule has 188 valence electrons. The quantitative estimate of drug-likeness (QED) is 0.275. The van der Waals surface area contributed by atoms with Gasteiger partial charge >= 0.3 is 5.97 Å². The lowest BCUT2D eigenvalue weighted by molar-refractivity contribution is -0.138. The predicted molar refractivity (Wildman–Crippen MR) is 150 cm³/mol. The summed E-state index contributed by atoms with van der Waals surface area (Å²) in [4.78, 5) is 24.2.